The van der Waals surface area contributed by atoms with E-state index in [2.05, 4.69) is 35.9 Å². The summed E-state index contributed by atoms with van der Waals surface area (Å²) in [6, 6.07) is 17.8. The van der Waals surface area contributed by atoms with Gasteiger partial charge in [0.2, 0.25) is 10.0 Å². The molecule has 1 aromatic heterocycles. The van der Waals surface area contributed by atoms with Crippen LogP contribution < -0.4 is 5.32 Å². The van der Waals surface area contributed by atoms with Crippen LogP contribution in [0.4, 0.5) is 21.7 Å². The van der Waals surface area contributed by atoms with Crippen molar-refractivity contribution < 1.29 is 12.8 Å². The molecule has 0 radical (unpaired) electrons. The van der Waals surface area contributed by atoms with Crippen molar-refractivity contribution in [3.05, 3.63) is 87.3 Å². The van der Waals surface area contributed by atoms with E-state index >= 15 is 0 Å². The number of sulfonamides is 1. The zero-order chi connectivity index (χ0) is 21.3. The van der Waals surface area contributed by atoms with Crippen LogP contribution in [0.5, 0.6) is 0 Å². The topological polar surface area (TPSA) is 86.1 Å². The van der Waals surface area contributed by atoms with Crippen molar-refractivity contribution in [1.82, 2.24) is 9.97 Å². The van der Waals surface area contributed by atoms with Gasteiger partial charge in [-0.05, 0) is 60.2 Å². The molecule has 0 aliphatic rings. The first-order valence-corrected chi connectivity index (χ1v) is 11.1. The van der Waals surface area contributed by atoms with Crippen molar-refractivity contribution >= 4 is 54.3 Å². The summed E-state index contributed by atoms with van der Waals surface area (Å²) in [4.78, 5) is 8.81. The first-order valence-electron chi connectivity index (χ1n) is 8.85. The van der Waals surface area contributed by atoms with Gasteiger partial charge in [0, 0.05) is 4.47 Å². The first-order chi connectivity index (χ1) is 14.3. The number of anilines is 2. The zero-order valence-electron chi connectivity index (χ0n) is 15.7. The normalized spacial score (nSPS) is 11.4. The van der Waals surface area contributed by atoms with E-state index in [1.807, 2.05) is 0 Å². The quantitative estimate of drug-likeness (QED) is 0.375. The lowest BCUT2D eigenvalue weighted by molar-refractivity contribution is 0.603. The first kappa shape index (κ1) is 20.2. The van der Waals surface area contributed by atoms with Gasteiger partial charge < -0.3 is 15.0 Å². The molecule has 3 aromatic carbocycles. The van der Waals surface area contributed by atoms with Gasteiger partial charge in [-0.25, -0.2) is 17.8 Å². The molecule has 30 heavy (non-hydrogen) atoms. The molecule has 0 aliphatic carbocycles. The third-order valence-electron chi connectivity index (χ3n) is 4.23. The van der Waals surface area contributed by atoms with E-state index in [0.717, 1.165) is 5.56 Å². The van der Waals surface area contributed by atoms with E-state index in [9.17, 15) is 12.8 Å². The number of fused-ring (bicyclic) bond motifs is 1. The summed E-state index contributed by atoms with van der Waals surface area (Å²) in [5, 5.41) is 2.82. The Morgan fingerprint density at radius 2 is 1.70 bits per heavy atom. The number of para-hydroxylation sites is 2. The number of benzene rings is 3. The number of aromatic nitrogens is 2. The van der Waals surface area contributed by atoms with Gasteiger partial charge in [-0.3, -0.25) is 0 Å². The van der Waals surface area contributed by atoms with Gasteiger partial charge in [0.25, 0.3) is 0 Å². The maximum absolute atomic E-state index is 14.3. The largest absolute Gasteiger partial charge is 0.431 e. The van der Waals surface area contributed by atoms with Crippen molar-refractivity contribution in [3.63, 3.8) is 0 Å². The second-order valence-corrected chi connectivity index (χ2v) is 9.04. The van der Waals surface area contributed by atoms with Gasteiger partial charge in [0.05, 0.1) is 16.1 Å². The summed E-state index contributed by atoms with van der Waals surface area (Å²) in [5.41, 5.74) is 1.89. The highest BCUT2D eigenvalue weighted by molar-refractivity contribution is 9.10. The van der Waals surface area contributed by atoms with E-state index in [0.29, 0.717) is 15.5 Å². The Labute approximate surface area is 181 Å². The molecule has 0 saturated heterocycles. The Balaban J connectivity index is 1.80. The number of halogens is 2. The fourth-order valence-electron chi connectivity index (χ4n) is 2.80. The van der Waals surface area contributed by atoms with E-state index in [1.165, 1.54) is 24.3 Å². The van der Waals surface area contributed by atoms with Crippen molar-refractivity contribution in [2.24, 2.45) is 0 Å². The Morgan fingerprint density at radius 3 is 2.40 bits per heavy atom. The summed E-state index contributed by atoms with van der Waals surface area (Å²) >= 11 is 3.21. The van der Waals surface area contributed by atoms with E-state index in [1.54, 1.807) is 49.4 Å². The SMILES string of the molecule is Cc1cccc(S(=O)(=O)[N-]c2nc3ccccc3nc2Nc2ccc(Br)cc2F)c1. The van der Waals surface area contributed by atoms with Gasteiger partial charge in [-0.15, -0.1) is 0 Å². The number of rotatable bonds is 5. The Hall–Kier alpha value is -3.04. The fourth-order valence-corrected chi connectivity index (χ4v) is 4.18. The molecule has 0 spiro atoms. The third kappa shape index (κ3) is 4.27. The predicted molar refractivity (Wildman–Crippen MR) is 118 cm³/mol. The van der Waals surface area contributed by atoms with Crippen LogP contribution in [0.1, 0.15) is 5.56 Å². The minimum Gasteiger partial charge on any atom is -0.431 e. The summed E-state index contributed by atoms with van der Waals surface area (Å²) in [6.07, 6.45) is 0. The number of nitrogens with zero attached hydrogens (tertiary/aromatic N) is 3. The van der Waals surface area contributed by atoms with Crippen LogP contribution in [0.2, 0.25) is 0 Å². The number of aryl methyl sites for hydroxylation is 1. The molecule has 0 bridgehead atoms. The number of nitrogens with one attached hydrogen (secondary N) is 1. The monoisotopic (exact) mass is 485 g/mol. The molecule has 4 rings (SSSR count). The van der Waals surface area contributed by atoms with Crippen LogP contribution in [0, 0.1) is 12.7 Å². The van der Waals surface area contributed by atoms with E-state index < -0.39 is 15.8 Å². The van der Waals surface area contributed by atoms with Crippen molar-refractivity contribution in [3.8, 4) is 0 Å². The van der Waals surface area contributed by atoms with E-state index in [4.69, 9.17) is 0 Å². The van der Waals surface area contributed by atoms with E-state index in [-0.39, 0.29) is 22.2 Å². The van der Waals surface area contributed by atoms with Crippen molar-refractivity contribution in [2.75, 3.05) is 5.32 Å². The summed E-state index contributed by atoms with van der Waals surface area (Å²) in [6.45, 7) is 1.79. The third-order valence-corrected chi connectivity index (χ3v) is 5.99. The molecular weight excluding hydrogens is 471 g/mol. The zero-order valence-corrected chi connectivity index (χ0v) is 18.1. The second kappa shape index (κ2) is 8.00. The second-order valence-electron chi connectivity index (χ2n) is 6.52. The highest BCUT2D eigenvalue weighted by Gasteiger charge is 2.14. The Bertz CT molecular complexity index is 1360. The summed E-state index contributed by atoms with van der Waals surface area (Å²) < 4.78 is 44.5. The minimum atomic E-state index is -4.05. The molecule has 4 aromatic rings. The molecule has 6 nitrogen and oxygen atoms in total. The molecule has 0 amide bonds. The molecule has 0 fully saturated rings. The van der Waals surface area contributed by atoms with Gasteiger partial charge >= 0.3 is 0 Å². The van der Waals surface area contributed by atoms with Gasteiger partial charge in [0.15, 0.2) is 0 Å². The fraction of sp³-hybridized carbons (Fsp3) is 0.0476. The molecular formula is C21H15BrFN4O2S-. The van der Waals surface area contributed by atoms with Gasteiger partial charge in [-0.1, -0.05) is 46.3 Å². The van der Waals surface area contributed by atoms with Crippen molar-refractivity contribution in [1.29, 1.82) is 0 Å². The Kier molecular flexibility index (Phi) is 5.40. The molecule has 1 N–H and O–H groups in total. The maximum Gasteiger partial charge on any atom is 0.202 e. The van der Waals surface area contributed by atoms with Gasteiger partial charge in [-0.2, -0.15) is 0 Å². The predicted octanol–water partition coefficient (Wildman–Crippen LogP) is 5.98. The van der Waals surface area contributed by atoms with Crippen LogP contribution in [-0.2, 0) is 10.0 Å². The average Bonchev–Trinajstić information content (AvgIpc) is 2.70. The highest BCUT2D eigenvalue weighted by Crippen LogP contribution is 2.35. The maximum atomic E-state index is 14.3. The van der Waals surface area contributed by atoms with Crippen LogP contribution >= 0.6 is 15.9 Å². The average molecular weight is 486 g/mol. The highest BCUT2D eigenvalue weighted by atomic mass is 79.9. The molecule has 0 unspecified atom stereocenters. The number of hydrogen-bond acceptors (Lipinski definition) is 5. The molecule has 152 valence electrons. The van der Waals surface area contributed by atoms with Gasteiger partial charge in [0.1, 0.15) is 11.6 Å². The van der Waals surface area contributed by atoms with Crippen LogP contribution in [0.25, 0.3) is 15.8 Å². The molecule has 0 atom stereocenters. The summed E-state index contributed by atoms with van der Waals surface area (Å²) in [7, 11) is -4.05. The minimum absolute atomic E-state index is 0.0335. The van der Waals surface area contributed by atoms with Crippen LogP contribution in [0.15, 0.2) is 76.1 Å². The Morgan fingerprint density at radius 1 is 0.967 bits per heavy atom. The molecule has 1 heterocycles. The molecule has 0 saturated carbocycles. The molecule has 9 heteroatoms. The van der Waals surface area contributed by atoms with Crippen LogP contribution in [-0.4, -0.2) is 18.4 Å². The molecule has 0 aliphatic heterocycles. The van der Waals surface area contributed by atoms with Crippen molar-refractivity contribution in [2.45, 2.75) is 11.8 Å². The standard InChI is InChI=1S/C21H15BrFN4O2S/c1-13-5-4-6-15(11-13)30(28,29)27-21-20(24-17-10-9-14(22)12-16(17)23)25-18-7-2-3-8-19(18)26-21/h2-12H,1H3,(H-,24,25,26,27)/q-1. The lowest BCUT2D eigenvalue weighted by atomic mass is 10.2. The smallest absolute Gasteiger partial charge is 0.202 e. The van der Waals surface area contributed by atoms with Crippen LogP contribution in [0.3, 0.4) is 0 Å². The lowest BCUT2D eigenvalue weighted by Crippen LogP contribution is -2.03. The summed E-state index contributed by atoms with van der Waals surface area (Å²) in [5.74, 6) is -0.657. The lowest BCUT2D eigenvalue weighted by Gasteiger charge is -2.21. The number of hydrogen-bond donors (Lipinski definition) is 1.